The van der Waals surface area contributed by atoms with Crippen molar-refractivity contribution in [2.45, 2.75) is 12.8 Å². The minimum absolute atomic E-state index is 0.00296. The van der Waals surface area contributed by atoms with E-state index in [0.717, 1.165) is 12.1 Å². The highest BCUT2D eigenvalue weighted by Gasteiger charge is 2.35. The summed E-state index contributed by atoms with van der Waals surface area (Å²) in [5.41, 5.74) is -1.64. The monoisotopic (exact) mass is 234 g/mol. The van der Waals surface area contributed by atoms with Crippen LogP contribution in [-0.4, -0.2) is 18.2 Å². The highest BCUT2D eigenvalue weighted by Crippen LogP contribution is 2.32. The number of carboxylic acids is 1. The van der Waals surface area contributed by atoms with Gasteiger partial charge in [0, 0.05) is 7.11 Å². The Morgan fingerprint density at radius 1 is 1.44 bits per heavy atom. The number of hydrogen-bond donors (Lipinski definition) is 1. The van der Waals surface area contributed by atoms with E-state index in [1.807, 2.05) is 0 Å². The molecule has 0 spiro atoms. The van der Waals surface area contributed by atoms with E-state index in [1.165, 1.54) is 13.2 Å². The first-order valence-corrected chi connectivity index (χ1v) is 4.28. The minimum Gasteiger partial charge on any atom is -0.478 e. The number of rotatable bonds is 3. The Morgan fingerprint density at radius 2 is 2.06 bits per heavy atom. The summed E-state index contributed by atoms with van der Waals surface area (Å²) in [7, 11) is 1.35. The number of hydrogen-bond acceptors (Lipinski definition) is 2. The number of aromatic carboxylic acids is 1. The minimum atomic E-state index is -4.68. The van der Waals surface area contributed by atoms with Gasteiger partial charge >= 0.3 is 12.1 Å². The average Bonchev–Trinajstić information content (AvgIpc) is 2.16. The number of benzene rings is 1. The zero-order valence-corrected chi connectivity index (χ0v) is 8.34. The van der Waals surface area contributed by atoms with E-state index in [0.29, 0.717) is 0 Å². The number of carbonyl (C=O) groups is 1. The van der Waals surface area contributed by atoms with Crippen molar-refractivity contribution in [3.05, 3.63) is 34.9 Å². The normalized spacial score (nSPS) is 11.5. The molecule has 0 aliphatic rings. The molecular formula is C10H9F3O3. The van der Waals surface area contributed by atoms with Crippen molar-refractivity contribution in [3.8, 4) is 0 Å². The van der Waals surface area contributed by atoms with Gasteiger partial charge in [-0.2, -0.15) is 13.2 Å². The smallest absolute Gasteiger partial charge is 0.417 e. The Kier molecular flexibility index (Phi) is 3.54. The van der Waals surface area contributed by atoms with E-state index < -0.39 is 23.3 Å². The van der Waals surface area contributed by atoms with Gasteiger partial charge in [0.15, 0.2) is 0 Å². The zero-order valence-electron chi connectivity index (χ0n) is 8.34. The molecule has 0 heterocycles. The van der Waals surface area contributed by atoms with E-state index in [2.05, 4.69) is 4.74 Å². The summed E-state index contributed by atoms with van der Waals surface area (Å²) in [5, 5.41) is 8.62. The summed E-state index contributed by atoms with van der Waals surface area (Å²) < 4.78 is 42.3. The van der Waals surface area contributed by atoms with Crippen LogP contribution < -0.4 is 0 Å². The second-order valence-corrected chi connectivity index (χ2v) is 3.12. The van der Waals surface area contributed by atoms with Crippen LogP contribution in [0.4, 0.5) is 13.2 Å². The maximum absolute atomic E-state index is 12.5. The Balaban J connectivity index is 3.27. The highest BCUT2D eigenvalue weighted by molar-refractivity contribution is 5.89. The molecule has 0 saturated heterocycles. The van der Waals surface area contributed by atoms with E-state index in [4.69, 9.17) is 5.11 Å². The van der Waals surface area contributed by atoms with Gasteiger partial charge in [-0.3, -0.25) is 0 Å². The summed E-state index contributed by atoms with van der Waals surface area (Å²) in [5.74, 6) is -1.60. The molecule has 0 fully saturated rings. The van der Waals surface area contributed by atoms with E-state index in [1.54, 1.807) is 0 Å². The van der Waals surface area contributed by atoms with Gasteiger partial charge in [-0.15, -0.1) is 0 Å². The topological polar surface area (TPSA) is 46.5 Å². The lowest BCUT2D eigenvalue weighted by Gasteiger charge is -2.11. The molecule has 0 bridgehead atoms. The van der Waals surface area contributed by atoms with Gasteiger partial charge < -0.3 is 9.84 Å². The number of methoxy groups -OCH3 is 1. The van der Waals surface area contributed by atoms with Crippen LogP contribution in [-0.2, 0) is 17.5 Å². The standard InChI is InChI=1S/C10H9F3O3/c1-16-5-6-2-3-7(9(14)15)8(4-6)10(11,12)13/h2-4H,5H2,1H3,(H,14,15). The van der Waals surface area contributed by atoms with Crippen LogP contribution in [0.2, 0.25) is 0 Å². The number of ether oxygens (including phenoxy) is 1. The van der Waals surface area contributed by atoms with Gasteiger partial charge in [0.1, 0.15) is 0 Å². The lowest BCUT2D eigenvalue weighted by molar-refractivity contribution is -0.138. The summed E-state index contributed by atoms with van der Waals surface area (Å²) in [6, 6.07) is 3.01. The quantitative estimate of drug-likeness (QED) is 0.874. The summed E-state index contributed by atoms with van der Waals surface area (Å²) >= 11 is 0. The fourth-order valence-corrected chi connectivity index (χ4v) is 1.27. The molecule has 0 saturated carbocycles. The molecule has 6 heteroatoms. The maximum Gasteiger partial charge on any atom is 0.417 e. The molecule has 0 aliphatic heterocycles. The summed E-state index contributed by atoms with van der Waals surface area (Å²) in [6.07, 6.45) is -4.68. The third-order valence-corrected chi connectivity index (χ3v) is 1.93. The van der Waals surface area contributed by atoms with Crippen LogP contribution in [0.25, 0.3) is 0 Å². The lowest BCUT2D eigenvalue weighted by Crippen LogP contribution is -2.13. The number of carboxylic acid groups (broad SMARTS) is 1. The molecule has 3 nitrogen and oxygen atoms in total. The zero-order chi connectivity index (χ0) is 12.3. The molecule has 1 rings (SSSR count). The van der Waals surface area contributed by atoms with Gasteiger partial charge in [-0.05, 0) is 17.7 Å². The van der Waals surface area contributed by atoms with Crippen LogP contribution >= 0.6 is 0 Å². The van der Waals surface area contributed by atoms with Gasteiger partial charge in [-0.25, -0.2) is 4.79 Å². The first-order chi connectivity index (χ1) is 7.36. The van der Waals surface area contributed by atoms with Crippen molar-refractivity contribution in [2.75, 3.05) is 7.11 Å². The SMILES string of the molecule is COCc1ccc(C(=O)O)c(C(F)(F)F)c1. The Labute approximate surface area is 89.5 Å². The lowest BCUT2D eigenvalue weighted by atomic mass is 10.0. The second-order valence-electron chi connectivity index (χ2n) is 3.12. The molecule has 0 atom stereocenters. The predicted octanol–water partition coefficient (Wildman–Crippen LogP) is 2.55. The summed E-state index contributed by atoms with van der Waals surface area (Å²) in [6.45, 7) is 0.00296. The van der Waals surface area contributed by atoms with E-state index >= 15 is 0 Å². The molecule has 88 valence electrons. The molecular weight excluding hydrogens is 225 g/mol. The molecule has 0 radical (unpaired) electrons. The van der Waals surface area contributed by atoms with Crippen molar-refractivity contribution >= 4 is 5.97 Å². The predicted molar refractivity (Wildman–Crippen MR) is 49.1 cm³/mol. The second kappa shape index (κ2) is 4.52. The van der Waals surface area contributed by atoms with Gasteiger partial charge in [0.25, 0.3) is 0 Å². The molecule has 1 aromatic carbocycles. The van der Waals surface area contributed by atoms with Gasteiger partial charge in [0.05, 0.1) is 17.7 Å². The van der Waals surface area contributed by atoms with Crippen molar-refractivity contribution in [3.63, 3.8) is 0 Å². The molecule has 0 aliphatic carbocycles. The molecule has 16 heavy (non-hydrogen) atoms. The first-order valence-electron chi connectivity index (χ1n) is 4.28. The molecule has 0 aromatic heterocycles. The highest BCUT2D eigenvalue weighted by atomic mass is 19.4. The van der Waals surface area contributed by atoms with Crippen molar-refractivity contribution < 1.29 is 27.8 Å². The van der Waals surface area contributed by atoms with Crippen LogP contribution in [0.1, 0.15) is 21.5 Å². The molecule has 1 N–H and O–H groups in total. The summed E-state index contributed by atoms with van der Waals surface area (Å²) in [4.78, 5) is 10.6. The number of alkyl halides is 3. The van der Waals surface area contributed by atoms with Crippen LogP contribution in [0, 0.1) is 0 Å². The molecule has 0 unspecified atom stereocenters. The van der Waals surface area contributed by atoms with Crippen LogP contribution in [0.3, 0.4) is 0 Å². The third-order valence-electron chi connectivity index (χ3n) is 1.93. The Hall–Kier alpha value is -1.56. The van der Waals surface area contributed by atoms with Crippen molar-refractivity contribution in [1.82, 2.24) is 0 Å². The van der Waals surface area contributed by atoms with Crippen molar-refractivity contribution in [1.29, 1.82) is 0 Å². The largest absolute Gasteiger partial charge is 0.478 e. The molecule has 0 amide bonds. The van der Waals surface area contributed by atoms with E-state index in [-0.39, 0.29) is 12.2 Å². The Morgan fingerprint density at radius 3 is 2.50 bits per heavy atom. The average molecular weight is 234 g/mol. The third kappa shape index (κ3) is 2.73. The van der Waals surface area contributed by atoms with Crippen LogP contribution in [0.5, 0.6) is 0 Å². The maximum atomic E-state index is 12.5. The molecule has 1 aromatic rings. The Bertz CT molecular complexity index is 399. The fourth-order valence-electron chi connectivity index (χ4n) is 1.27. The number of halogens is 3. The fraction of sp³-hybridized carbons (Fsp3) is 0.300. The van der Waals surface area contributed by atoms with Gasteiger partial charge in [0.2, 0.25) is 0 Å². The van der Waals surface area contributed by atoms with Crippen molar-refractivity contribution in [2.24, 2.45) is 0 Å². The van der Waals surface area contributed by atoms with Crippen LogP contribution in [0.15, 0.2) is 18.2 Å². The first kappa shape index (κ1) is 12.5. The van der Waals surface area contributed by atoms with E-state index in [9.17, 15) is 18.0 Å². The van der Waals surface area contributed by atoms with Gasteiger partial charge in [-0.1, -0.05) is 6.07 Å².